The SMILES string of the molecule is COc1ccccc1CN(CCc1c[nH]c2ccccc12)C(=O)CN(C(=O)c1ccc(C)cc1)C(C)C. The van der Waals surface area contributed by atoms with E-state index in [1.807, 2.05) is 98.6 Å². The summed E-state index contributed by atoms with van der Waals surface area (Å²) in [6.07, 6.45) is 2.70. The smallest absolute Gasteiger partial charge is 0.254 e. The summed E-state index contributed by atoms with van der Waals surface area (Å²) >= 11 is 0. The number of H-pyrrole nitrogens is 1. The van der Waals surface area contributed by atoms with Gasteiger partial charge in [0, 0.05) is 47.4 Å². The van der Waals surface area contributed by atoms with Crippen LogP contribution in [0.4, 0.5) is 0 Å². The van der Waals surface area contributed by atoms with Gasteiger partial charge in [0.15, 0.2) is 0 Å². The van der Waals surface area contributed by atoms with E-state index in [0.29, 0.717) is 25.1 Å². The van der Waals surface area contributed by atoms with Crippen LogP contribution in [0.3, 0.4) is 0 Å². The first-order valence-corrected chi connectivity index (χ1v) is 12.7. The summed E-state index contributed by atoms with van der Waals surface area (Å²) in [5, 5.41) is 1.16. The standard InChI is InChI=1S/C31H35N3O3/c1-22(2)34(31(36)24-15-13-23(3)14-16-24)21-30(35)33(20-26-9-5-8-12-29(26)37-4)18-17-25-19-32-28-11-7-6-10-27(25)28/h5-16,19,22,32H,17-18,20-21H2,1-4H3. The van der Waals surface area contributed by atoms with Crippen molar-refractivity contribution in [2.24, 2.45) is 0 Å². The summed E-state index contributed by atoms with van der Waals surface area (Å²) in [4.78, 5) is 33.9. The number of rotatable bonds is 10. The van der Waals surface area contributed by atoms with Gasteiger partial charge in [0.05, 0.1) is 7.11 Å². The second-order valence-corrected chi connectivity index (χ2v) is 9.63. The molecule has 0 bridgehead atoms. The fourth-order valence-electron chi connectivity index (χ4n) is 4.52. The Hall–Kier alpha value is -4.06. The Bertz CT molecular complexity index is 1360. The summed E-state index contributed by atoms with van der Waals surface area (Å²) in [5.74, 6) is 0.501. The zero-order valence-electron chi connectivity index (χ0n) is 22.0. The van der Waals surface area contributed by atoms with Crippen molar-refractivity contribution in [1.29, 1.82) is 0 Å². The van der Waals surface area contributed by atoms with E-state index in [1.54, 1.807) is 12.0 Å². The first kappa shape index (κ1) is 26.0. The van der Waals surface area contributed by atoms with Crippen LogP contribution in [0.1, 0.15) is 40.9 Å². The highest BCUT2D eigenvalue weighted by atomic mass is 16.5. The third kappa shape index (κ3) is 6.20. The molecule has 0 aliphatic heterocycles. The lowest BCUT2D eigenvalue weighted by molar-refractivity contribution is -0.132. The van der Waals surface area contributed by atoms with Crippen LogP contribution in [-0.4, -0.2) is 52.8 Å². The van der Waals surface area contributed by atoms with Gasteiger partial charge in [0.2, 0.25) is 5.91 Å². The van der Waals surface area contributed by atoms with Crippen LogP contribution in [-0.2, 0) is 17.8 Å². The lowest BCUT2D eigenvalue weighted by atomic mass is 10.1. The van der Waals surface area contributed by atoms with E-state index in [9.17, 15) is 9.59 Å². The van der Waals surface area contributed by atoms with Crippen molar-refractivity contribution in [2.45, 2.75) is 39.8 Å². The monoisotopic (exact) mass is 497 g/mol. The summed E-state index contributed by atoms with van der Waals surface area (Å²) in [5.41, 5.74) is 4.84. The molecule has 0 spiro atoms. The molecule has 0 fully saturated rings. The summed E-state index contributed by atoms with van der Waals surface area (Å²) in [7, 11) is 1.64. The van der Waals surface area contributed by atoms with E-state index in [2.05, 4.69) is 11.1 Å². The molecule has 1 N–H and O–H groups in total. The predicted octanol–water partition coefficient (Wildman–Crippen LogP) is 5.61. The maximum atomic E-state index is 13.8. The quantitative estimate of drug-likeness (QED) is 0.310. The third-order valence-electron chi connectivity index (χ3n) is 6.72. The molecular weight excluding hydrogens is 462 g/mol. The largest absolute Gasteiger partial charge is 0.496 e. The van der Waals surface area contributed by atoms with Crippen LogP contribution in [0.15, 0.2) is 79.0 Å². The number of aromatic amines is 1. The molecule has 0 atom stereocenters. The highest BCUT2D eigenvalue weighted by Crippen LogP contribution is 2.22. The average Bonchev–Trinajstić information content (AvgIpc) is 3.32. The molecule has 192 valence electrons. The highest BCUT2D eigenvalue weighted by Gasteiger charge is 2.25. The molecule has 0 aliphatic carbocycles. The number of amides is 2. The van der Waals surface area contributed by atoms with E-state index >= 15 is 0 Å². The summed E-state index contributed by atoms with van der Waals surface area (Å²) in [6, 6.07) is 23.3. The molecular formula is C31H35N3O3. The Morgan fingerprint density at radius 2 is 1.62 bits per heavy atom. The van der Waals surface area contributed by atoms with Gasteiger partial charge in [-0.15, -0.1) is 0 Å². The number of methoxy groups -OCH3 is 1. The molecule has 6 nitrogen and oxygen atoms in total. The topological polar surface area (TPSA) is 65.6 Å². The molecule has 1 heterocycles. The molecule has 6 heteroatoms. The van der Waals surface area contributed by atoms with Gasteiger partial charge in [0.25, 0.3) is 5.91 Å². The van der Waals surface area contributed by atoms with E-state index < -0.39 is 0 Å². The number of para-hydroxylation sites is 2. The van der Waals surface area contributed by atoms with Crippen molar-refractivity contribution in [3.8, 4) is 5.75 Å². The van der Waals surface area contributed by atoms with Gasteiger partial charge in [-0.2, -0.15) is 0 Å². The Morgan fingerprint density at radius 1 is 0.919 bits per heavy atom. The van der Waals surface area contributed by atoms with Gasteiger partial charge in [-0.05, 0) is 57.0 Å². The first-order valence-electron chi connectivity index (χ1n) is 12.7. The predicted molar refractivity (Wildman–Crippen MR) is 148 cm³/mol. The maximum Gasteiger partial charge on any atom is 0.254 e. The zero-order valence-corrected chi connectivity index (χ0v) is 22.0. The lowest BCUT2D eigenvalue weighted by Crippen LogP contribution is -2.46. The zero-order chi connectivity index (χ0) is 26.4. The molecule has 0 aliphatic rings. The second-order valence-electron chi connectivity index (χ2n) is 9.63. The maximum absolute atomic E-state index is 13.8. The van der Waals surface area contributed by atoms with Gasteiger partial charge in [0.1, 0.15) is 12.3 Å². The van der Waals surface area contributed by atoms with Crippen molar-refractivity contribution in [3.63, 3.8) is 0 Å². The Kier molecular flexibility index (Phi) is 8.29. The molecule has 37 heavy (non-hydrogen) atoms. The molecule has 2 amide bonds. The molecule has 3 aromatic carbocycles. The van der Waals surface area contributed by atoms with Crippen LogP contribution in [0.2, 0.25) is 0 Å². The molecule has 0 saturated carbocycles. The number of nitrogens with one attached hydrogen (secondary N) is 1. The molecule has 0 unspecified atom stereocenters. The van der Waals surface area contributed by atoms with Crippen molar-refractivity contribution in [3.05, 3.63) is 101 Å². The van der Waals surface area contributed by atoms with Gasteiger partial charge in [-0.3, -0.25) is 9.59 Å². The minimum absolute atomic E-state index is 0.00735. The van der Waals surface area contributed by atoms with Gasteiger partial charge in [-0.25, -0.2) is 0 Å². The molecule has 4 aromatic rings. The van der Waals surface area contributed by atoms with Gasteiger partial charge < -0.3 is 19.5 Å². The number of hydrogen-bond donors (Lipinski definition) is 1. The van der Waals surface area contributed by atoms with Crippen LogP contribution in [0.25, 0.3) is 10.9 Å². The Morgan fingerprint density at radius 3 is 2.35 bits per heavy atom. The number of hydrogen-bond acceptors (Lipinski definition) is 3. The number of fused-ring (bicyclic) bond motifs is 1. The van der Waals surface area contributed by atoms with Crippen LogP contribution < -0.4 is 4.74 Å². The fourth-order valence-corrected chi connectivity index (χ4v) is 4.52. The lowest BCUT2D eigenvalue weighted by Gasteiger charge is -2.30. The first-order chi connectivity index (χ1) is 17.9. The number of aromatic nitrogens is 1. The van der Waals surface area contributed by atoms with Crippen molar-refractivity contribution in [1.82, 2.24) is 14.8 Å². The molecule has 1 aromatic heterocycles. The number of ether oxygens (including phenoxy) is 1. The Balaban J connectivity index is 1.57. The third-order valence-corrected chi connectivity index (χ3v) is 6.72. The normalized spacial score (nSPS) is 11.1. The van der Waals surface area contributed by atoms with E-state index in [1.165, 1.54) is 0 Å². The van der Waals surface area contributed by atoms with Crippen molar-refractivity contribution < 1.29 is 14.3 Å². The fraction of sp³-hybridized carbons (Fsp3) is 0.290. The molecule has 4 rings (SSSR count). The number of benzene rings is 3. The molecule has 0 radical (unpaired) electrons. The van der Waals surface area contributed by atoms with E-state index in [4.69, 9.17) is 4.74 Å². The minimum Gasteiger partial charge on any atom is -0.496 e. The van der Waals surface area contributed by atoms with Crippen molar-refractivity contribution >= 4 is 22.7 Å². The number of carbonyl (C=O) groups excluding carboxylic acids is 2. The highest BCUT2D eigenvalue weighted by molar-refractivity contribution is 5.96. The Labute approximate surface area is 218 Å². The number of carbonyl (C=O) groups is 2. The van der Waals surface area contributed by atoms with Gasteiger partial charge in [-0.1, -0.05) is 54.1 Å². The number of nitrogens with zero attached hydrogens (tertiary/aromatic N) is 2. The average molecular weight is 498 g/mol. The molecule has 0 saturated heterocycles. The summed E-state index contributed by atoms with van der Waals surface area (Å²) < 4.78 is 5.55. The van der Waals surface area contributed by atoms with E-state index in [-0.39, 0.29) is 24.4 Å². The van der Waals surface area contributed by atoms with E-state index in [0.717, 1.165) is 33.3 Å². The number of aryl methyl sites for hydroxylation is 1. The minimum atomic E-state index is -0.141. The van der Waals surface area contributed by atoms with Crippen LogP contribution in [0.5, 0.6) is 5.75 Å². The summed E-state index contributed by atoms with van der Waals surface area (Å²) in [6.45, 7) is 6.79. The van der Waals surface area contributed by atoms with Gasteiger partial charge >= 0.3 is 0 Å². The van der Waals surface area contributed by atoms with Crippen LogP contribution >= 0.6 is 0 Å². The van der Waals surface area contributed by atoms with Crippen molar-refractivity contribution in [2.75, 3.05) is 20.2 Å². The van der Waals surface area contributed by atoms with Crippen LogP contribution in [0, 0.1) is 6.92 Å². The second kappa shape index (κ2) is 11.8.